The van der Waals surface area contributed by atoms with Crippen molar-refractivity contribution in [3.8, 4) is 0 Å². The zero-order valence-electron chi connectivity index (χ0n) is 32.8. The molecule has 1 amide bonds. The Labute approximate surface area is 403 Å². The van der Waals surface area contributed by atoms with Gasteiger partial charge in [-0.2, -0.15) is 0 Å². The second kappa shape index (κ2) is 61.7. The Balaban J connectivity index is -0.0000000482. The number of aliphatic carboxylic acids is 2. The summed E-state index contributed by atoms with van der Waals surface area (Å²) in [4.78, 5) is 44.9. The van der Waals surface area contributed by atoms with Crippen LogP contribution < -0.4 is 149 Å². The summed E-state index contributed by atoms with van der Waals surface area (Å²) >= 11 is 0. The minimum Gasteiger partial charge on any atom is -0.870 e. The van der Waals surface area contributed by atoms with Gasteiger partial charge in [0.05, 0.1) is 25.8 Å². The standard InChI is InChI=1S/C10H19N2O4.C9H20N2O3.C7H18N2O.C3H6O2.2CH4.4Na.H2O/c1-9(2)11(5-7-13)3-4-12(6-8-14)10(15)16;1-8(2)10-3-4-11(5-6-12)7-9(13)14;1-7(2)9-4-3-8-5-6-10;1-2-3(4)5;;;;;;;/h9,14H,3-6,8H2,1-2H3,(H,15,16);8,10,12H,3-7H2,1-2H3,(H,13,14);7-10H,3-6H2,1-2H3;2H2,1H3,(H,4,5);2*1H4;;;;;1H2/q-1;;;;;;4*+1;/p-4. The molecule has 0 rings (SSSR count). The average molecular weight is 794 g/mol. The van der Waals surface area contributed by atoms with Gasteiger partial charge < -0.3 is 81.0 Å². The molecule has 294 valence electrons. The zero-order chi connectivity index (χ0) is 35.6. The van der Waals surface area contributed by atoms with Gasteiger partial charge in [0.15, 0.2) is 0 Å². The summed E-state index contributed by atoms with van der Waals surface area (Å²) in [5, 5.41) is 65.5. The van der Waals surface area contributed by atoms with Gasteiger partial charge in [0.1, 0.15) is 6.09 Å². The number of aliphatic hydroxyl groups excluding tert-OH is 3. The monoisotopic (exact) mass is 793 g/mol. The number of amides is 1. The first kappa shape index (κ1) is 81.7. The predicted molar refractivity (Wildman–Crippen MR) is 182 cm³/mol. The third-order valence-electron chi connectivity index (χ3n) is 5.46. The molecule has 0 fully saturated rings. The molecule has 0 spiro atoms. The molecule has 21 heteroatoms. The van der Waals surface area contributed by atoms with E-state index in [-0.39, 0.29) is 197 Å². The number of aliphatic hydroxyl groups is 3. The molecule has 0 saturated heterocycles. The summed E-state index contributed by atoms with van der Waals surface area (Å²) in [6.07, 6.45) is 0.578. The van der Waals surface area contributed by atoms with Gasteiger partial charge in [0.2, 0.25) is 0 Å². The molecule has 0 aromatic heterocycles. The van der Waals surface area contributed by atoms with E-state index in [0.717, 1.165) is 18.0 Å². The second-order valence-electron chi connectivity index (χ2n) is 10.5. The molecule has 0 aromatic rings. The van der Waals surface area contributed by atoms with Gasteiger partial charge in [0.25, 0.3) is 0 Å². The van der Waals surface area contributed by atoms with E-state index in [2.05, 4.69) is 29.8 Å². The molecule has 0 aliphatic heterocycles. The number of rotatable bonds is 23. The summed E-state index contributed by atoms with van der Waals surface area (Å²) in [7, 11) is 0. The van der Waals surface area contributed by atoms with Gasteiger partial charge in [-0.3, -0.25) is 4.90 Å². The van der Waals surface area contributed by atoms with Crippen LogP contribution in [-0.4, -0.2) is 170 Å². The van der Waals surface area contributed by atoms with Crippen molar-refractivity contribution in [2.75, 3.05) is 91.8 Å². The SMILES string of the molecule is C.C.CC(C)N(C[C-]=O)CCN(CCO)C(=O)[O-].CC(C)NCCN(CCO)CC(=O)[O-].CC(C)NCCNCCO.CCC(=O)[O-].[Na+].[Na+].[Na+].[Na+].[OH-]. The van der Waals surface area contributed by atoms with Crippen molar-refractivity contribution in [2.45, 2.75) is 87.9 Å². The van der Waals surface area contributed by atoms with E-state index in [0.29, 0.717) is 44.8 Å². The Morgan fingerprint density at radius 2 is 1.13 bits per heavy atom. The largest absolute Gasteiger partial charge is 1.00 e. The van der Waals surface area contributed by atoms with Gasteiger partial charge >= 0.3 is 118 Å². The Morgan fingerprint density at radius 3 is 1.46 bits per heavy atom. The van der Waals surface area contributed by atoms with Crippen molar-refractivity contribution in [1.29, 1.82) is 0 Å². The van der Waals surface area contributed by atoms with Crippen LogP contribution in [0.3, 0.4) is 0 Å². The molecule has 0 aliphatic carbocycles. The third-order valence-corrected chi connectivity index (χ3v) is 5.46. The van der Waals surface area contributed by atoms with Crippen LogP contribution in [0.2, 0.25) is 0 Å². The number of hydrogen-bond acceptors (Lipinski definition) is 16. The molecule has 0 saturated carbocycles. The zero-order valence-corrected chi connectivity index (χ0v) is 40.8. The average Bonchev–Trinajstić information content (AvgIpc) is 2.94. The number of carbonyl (C=O) groups excluding carboxylic acids is 4. The summed E-state index contributed by atoms with van der Waals surface area (Å²) in [6.45, 7) is 18.5. The van der Waals surface area contributed by atoms with Gasteiger partial charge in [-0.05, 0) is 20.3 Å². The van der Waals surface area contributed by atoms with E-state index in [1.807, 2.05) is 27.7 Å². The smallest absolute Gasteiger partial charge is 0.870 e. The van der Waals surface area contributed by atoms with Crippen molar-refractivity contribution in [3.05, 3.63) is 0 Å². The van der Waals surface area contributed by atoms with Crippen LogP contribution in [0.4, 0.5) is 4.79 Å². The summed E-state index contributed by atoms with van der Waals surface area (Å²) < 4.78 is 0. The fourth-order valence-corrected chi connectivity index (χ4v) is 3.03. The molecule has 0 aromatic carbocycles. The normalized spacial score (nSPS) is 9.13. The Kier molecular flexibility index (Phi) is 96.9. The minimum atomic E-state index is -1.31. The topological polar surface area (TPSA) is 274 Å². The summed E-state index contributed by atoms with van der Waals surface area (Å²) in [6, 6.07) is 1.07. The molecule has 0 heterocycles. The van der Waals surface area contributed by atoms with Gasteiger partial charge in [-0.1, -0.05) is 56.0 Å². The van der Waals surface area contributed by atoms with Crippen LogP contribution >= 0.6 is 0 Å². The first-order valence-corrected chi connectivity index (χ1v) is 15.3. The van der Waals surface area contributed by atoms with Crippen molar-refractivity contribution >= 4 is 24.3 Å². The number of hydrogen-bond donors (Lipinski definition) is 6. The number of carboxylic acids is 2. The molecular formula is C31H69N6Na4O11-. The van der Waals surface area contributed by atoms with E-state index in [4.69, 9.17) is 15.3 Å². The molecule has 0 unspecified atom stereocenters. The quantitative estimate of drug-likeness (QED) is 0.0318. The predicted octanol–water partition coefficient (Wildman–Crippen LogP) is -15.7. The minimum absolute atomic E-state index is 0. The fourth-order valence-electron chi connectivity index (χ4n) is 3.03. The van der Waals surface area contributed by atoms with Crippen molar-refractivity contribution in [1.82, 2.24) is 30.7 Å². The summed E-state index contributed by atoms with van der Waals surface area (Å²) in [5.41, 5.74) is 0. The maximum Gasteiger partial charge on any atom is 1.00 e. The van der Waals surface area contributed by atoms with Crippen LogP contribution in [-0.2, 0) is 14.4 Å². The van der Waals surface area contributed by atoms with Crippen LogP contribution in [0.5, 0.6) is 0 Å². The Hall–Kier alpha value is 1.52. The van der Waals surface area contributed by atoms with E-state index >= 15 is 0 Å². The van der Waals surface area contributed by atoms with Crippen LogP contribution in [0.1, 0.15) is 69.7 Å². The maximum atomic E-state index is 10.6. The van der Waals surface area contributed by atoms with Crippen molar-refractivity contribution in [3.63, 3.8) is 0 Å². The van der Waals surface area contributed by atoms with Crippen LogP contribution in [0.25, 0.3) is 0 Å². The van der Waals surface area contributed by atoms with Crippen LogP contribution in [0, 0.1) is 0 Å². The van der Waals surface area contributed by atoms with Gasteiger partial charge in [-0.15, -0.1) is 0 Å². The van der Waals surface area contributed by atoms with E-state index in [9.17, 15) is 34.5 Å². The number of carbonyl (C=O) groups is 3. The third kappa shape index (κ3) is 72.7. The molecule has 0 bridgehead atoms. The number of nitrogens with zero attached hydrogens (tertiary/aromatic N) is 3. The second-order valence-corrected chi connectivity index (χ2v) is 10.5. The molecular weight excluding hydrogens is 724 g/mol. The first-order valence-electron chi connectivity index (χ1n) is 15.3. The maximum absolute atomic E-state index is 10.6. The summed E-state index contributed by atoms with van der Waals surface area (Å²) in [5.74, 6) is -2.10. The molecule has 7 N–H and O–H groups in total. The Bertz CT molecular complexity index is 726. The van der Waals surface area contributed by atoms with Crippen molar-refractivity contribution in [2.24, 2.45) is 0 Å². The van der Waals surface area contributed by atoms with E-state index < -0.39 is 18.0 Å². The first-order chi connectivity index (χ1) is 21.1. The number of carboxylic acid groups (broad SMARTS) is 3. The van der Waals surface area contributed by atoms with E-state index in [1.165, 1.54) is 6.92 Å². The Morgan fingerprint density at radius 1 is 0.673 bits per heavy atom. The molecule has 17 nitrogen and oxygen atoms in total. The number of nitrogens with one attached hydrogen (secondary N) is 3. The van der Waals surface area contributed by atoms with Crippen LogP contribution in [0.15, 0.2) is 0 Å². The fraction of sp³-hybridized carbons (Fsp3) is 0.871. The molecule has 0 aliphatic rings. The molecule has 52 heavy (non-hydrogen) atoms. The van der Waals surface area contributed by atoms with E-state index in [1.54, 1.807) is 16.1 Å². The van der Waals surface area contributed by atoms with Crippen molar-refractivity contribution < 1.29 is 174 Å². The van der Waals surface area contributed by atoms with Gasteiger partial charge in [0, 0.05) is 89.5 Å². The molecule has 0 radical (unpaired) electrons. The molecule has 0 atom stereocenters. The van der Waals surface area contributed by atoms with Gasteiger partial charge in [-0.25, -0.2) is 6.29 Å².